The molecule has 0 spiro atoms. The maximum absolute atomic E-state index is 3.99. The Morgan fingerprint density at radius 1 is 1.38 bits per heavy atom. The zero-order chi connectivity index (χ0) is 9.52. The highest BCUT2D eigenvalue weighted by Crippen LogP contribution is 2.28. The van der Waals surface area contributed by atoms with Gasteiger partial charge in [0.2, 0.25) is 0 Å². The van der Waals surface area contributed by atoms with Gasteiger partial charge in [-0.2, -0.15) is 0 Å². The average molecular weight is 311 g/mol. The third-order valence-electron chi connectivity index (χ3n) is 2.76. The predicted octanol–water partition coefficient (Wildman–Crippen LogP) is 4.45. The molecule has 1 nitrogen and oxygen atoms in total. The smallest absolute Gasteiger partial charge is 0.0220 e. The number of hydrogen-bond acceptors (Lipinski definition) is 2. The molecule has 76 valence electrons. The van der Waals surface area contributed by atoms with Crippen molar-refractivity contribution in [2.75, 3.05) is 0 Å². The van der Waals surface area contributed by atoms with Gasteiger partial charge in [0, 0.05) is 36.0 Å². The van der Waals surface area contributed by atoms with Crippen LogP contribution in [0.25, 0.3) is 0 Å². The van der Waals surface area contributed by atoms with E-state index >= 15 is 0 Å². The summed E-state index contributed by atoms with van der Waals surface area (Å²) in [6.45, 7) is 3.99. The van der Waals surface area contributed by atoms with E-state index in [0.29, 0.717) is 0 Å². The van der Waals surface area contributed by atoms with Gasteiger partial charge in [-0.05, 0) is 18.8 Å². The van der Waals surface area contributed by atoms with Crippen LogP contribution in [0.5, 0.6) is 0 Å². The van der Waals surface area contributed by atoms with Gasteiger partial charge in [-0.25, -0.2) is 0 Å². The lowest BCUT2D eigenvalue weighted by Gasteiger charge is -2.21. The number of rotatable bonds is 5. The van der Waals surface area contributed by atoms with Crippen LogP contribution in [-0.2, 0) is 0 Å². The first-order valence-corrected chi connectivity index (χ1v) is 8.40. The van der Waals surface area contributed by atoms with Crippen molar-refractivity contribution >= 4 is 30.3 Å². The normalized spacial score (nSPS) is 18.5. The Kier molecular flexibility index (Phi) is 6.28. The predicted molar refractivity (Wildman–Crippen MR) is 69.7 cm³/mol. The lowest BCUT2D eigenvalue weighted by atomic mass is 9.86. The second-order valence-electron chi connectivity index (χ2n) is 3.83. The molecule has 0 aromatic heterocycles. The minimum atomic E-state index is 0.978. The Morgan fingerprint density at radius 3 is 2.69 bits per heavy atom. The first-order chi connectivity index (χ1) is 6.33. The molecule has 0 unspecified atom stereocenters. The number of nitrogens with one attached hydrogen (secondary N) is 1. The monoisotopic (exact) mass is 311 g/mol. The van der Waals surface area contributed by atoms with Crippen LogP contribution in [-0.4, -0.2) is 0 Å². The fourth-order valence-electron chi connectivity index (χ4n) is 1.96. The first-order valence-electron chi connectivity index (χ1n) is 5.04. The van der Waals surface area contributed by atoms with Gasteiger partial charge in [0.25, 0.3) is 0 Å². The molecule has 1 aliphatic carbocycles. The molecule has 1 fully saturated rings. The molecular weight excluding hydrogens is 293 g/mol. The first kappa shape index (κ1) is 11.7. The Bertz CT molecular complexity index is 155. The SMILES string of the molecule is C=C(CCC1CCCCC1)NSI. The number of halogens is 1. The van der Waals surface area contributed by atoms with Crippen LogP contribution < -0.4 is 4.72 Å². The fourth-order valence-corrected chi connectivity index (χ4v) is 3.11. The summed E-state index contributed by atoms with van der Waals surface area (Å²) in [5.41, 5.74) is 1.19. The molecule has 0 saturated heterocycles. The van der Waals surface area contributed by atoms with Gasteiger partial charge in [-0.1, -0.05) is 38.7 Å². The van der Waals surface area contributed by atoms with Crippen LogP contribution in [0.3, 0.4) is 0 Å². The van der Waals surface area contributed by atoms with Crippen molar-refractivity contribution in [3.8, 4) is 0 Å². The molecule has 0 aromatic carbocycles. The highest BCUT2D eigenvalue weighted by atomic mass is 127. The molecule has 1 N–H and O–H groups in total. The summed E-state index contributed by atoms with van der Waals surface area (Å²) in [7, 11) is 1.62. The van der Waals surface area contributed by atoms with Gasteiger partial charge < -0.3 is 4.72 Å². The largest absolute Gasteiger partial charge is 0.325 e. The Labute approximate surface area is 97.8 Å². The maximum atomic E-state index is 3.99. The molecule has 1 rings (SSSR count). The van der Waals surface area contributed by atoms with Crippen molar-refractivity contribution < 1.29 is 0 Å². The lowest BCUT2D eigenvalue weighted by molar-refractivity contribution is 0.338. The molecule has 0 aromatic rings. The minimum Gasteiger partial charge on any atom is -0.325 e. The van der Waals surface area contributed by atoms with Gasteiger partial charge in [0.15, 0.2) is 0 Å². The summed E-state index contributed by atoms with van der Waals surface area (Å²) >= 11 is 2.24. The van der Waals surface area contributed by atoms with E-state index < -0.39 is 0 Å². The Balaban J connectivity index is 2.06. The van der Waals surface area contributed by atoms with Crippen molar-refractivity contribution in [2.24, 2.45) is 5.92 Å². The molecule has 0 bridgehead atoms. The van der Waals surface area contributed by atoms with E-state index in [1.807, 2.05) is 0 Å². The molecule has 0 amide bonds. The highest BCUT2D eigenvalue weighted by molar-refractivity contribution is 14.2. The third-order valence-corrected chi connectivity index (χ3v) is 3.79. The Hall–Kier alpha value is 0.620. The van der Waals surface area contributed by atoms with Crippen LogP contribution >= 0.6 is 30.3 Å². The minimum absolute atomic E-state index is 0.978. The molecule has 1 saturated carbocycles. The molecule has 3 heteroatoms. The highest BCUT2D eigenvalue weighted by Gasteiger charge is 2.12. The van der Waals surface area contributed by atoms with Crippen molar-refractivity contribution in [3.05, 3.63) is 12.3 Å². The molecule has 1 aliphatic rings. The van der Waals surface area contributed by atoms with Gasteiger partial charge in [-0.15, -0.1) is 0 Å². The average Bonchev–Trinajstić information content (AvgIpc) is 2.17. The van der Waals surface area contributed by atoms with E-state index in [2.05, 4.69) is 32.5 Å². The van der Waals surface area contributed by atoms with Crippen LogP contribution in [0, 0.1) is 5.92 Å². The topological polar surface area (TPSA) is 12.0 Å². The summed E-state index contributed by atoms with van der Waals surface area (Å²) < 4.78 is 3.19. The van der Waals surface area contributed by atoms with Gasteiger partial charge in [0.1, 0.15) is 0 Å². The van der Waals surface area contributed by atoms with Crippen LogP contribution in [0.1, 0.15) is 44.9 Å². The van der Waals surface area contributed by atoms with Crippen LogP contribution in [0.15, 0.2) is 12.3 Å². The van der Waals surface area contributed by atoms with E-state index in [4.69, 9.17) is 0 Å². The standard InChI is InChI=1S/C10H18INS/c1-9(12-13-11)7-8-10-5-3-2-4-6-10/h10,12H,1-8H2. The summed E-state index contributed by atoms with van der Waals surface area (Å²) in [6, 6.07) is 0. The lowest BCUT2D eigenvalue weighted by Crippen LogP contribution is -2.08. The van der Waals surface area contributed by atoms with E-state index in [1.54, 1.807) is 9.12 Å². The Morgan fingerprint density at radius 2 is 2.08 bits per heavy atom. The quantitative estimate of drug-likeness (QED) is 0.595. The van der Waals surface area contributed by atoms with E-state index in [9.17, 15) is 0 Å². The van der Waals surface area contributed by atoms with Gasteiger partial charge in [0.05, 0.1) is 0 Å². The summed E-state index contributed by atoms with van der Waals surface area (Å²) in [5.74, 6) is 0.978. The second kappa shape index (κ2) is 6.98. The summed E-state index contributed by atoms with van der Waals surface area (Å²) in [5, 5.41) is 0. The second-order valence-corrected chi connectivity index (χ2v) is 5.51. The molecular formula is C10H18INS. The molecule has 13 heavy (non-hydrogen) atoms. The third kappa shape index (κ3) is 5.15. The summed E-state index contributed by atoms with van der Waals surface area (Å²) in [6.07, 6.45) is 9.75. The van der Waals surface area contributed by atoms with Crippen LogP contribution in [0.2, 0.25) is 0 Å². The van der Waals surface area contributed by atoms with Crippen molar-refractivity contribution in [3.63, 3.8) is 0 Å². The zero-order valence-electron chi connectivity index (χ0n) is 8.02. The van der Waals surface area contributed by atoms with E-state index in [-0.39, 0.29) is 0 Å². The van der Waals surface area contributed by atoms with E-state index in [0.717, 1.165) is 12.3 Å². The molecule has 0 heterocycles. The molecule has 0 atom stereocenters. The zero-order valence-corrected chi connectivity index (χ0v) is 11.0. The molecule has 0 radical (unpaired) electrons. The van der Waals surface area contributed by atoms with Gasteiger partial charge >= 0.3 is 0 Å². The number of allylic oxidation sites excluding steroid dienone is 1. The van der Waals surface area contributed by atoms with Crippen LogP contribution in [0.4, 0.5) is 0 Å². The van der Waals surface area contributed by atoms with Crippen molar-refractivity contribution in [2.45, 2.75) is 44.9 Å². The van der Waals surface area contributed by atoms with Crippen molar-refractivity contribution in [1.29, 1.82) is 0 Å². The van der Waals surface area contributed by atoms with Crippen molar-refractivity contribution in [1.82, 2.24) is 4.72 Å². The van der Waals surface area contributed by atoms with E-state index in [1.165, 1.54) is 44.2 Å². The molecule has 0 aliphatic heterocycles. The number of hydrogen-bond donors (Lipinski definition) is 1. The van der Waals surface area contributed by atoms with Gasteiger partial charge in [-0.3, -0.25) is 0 Å². The summed E-state index contributed by atoms with van der Waals surface area (Å²) in [4.78, 5) is 0. The fraction of sp³-hybridized carbons (Fsp3) is 0.800. The maximum Gasteiger partial charge on any atom is 0.0220 e.